The number of carbonyl (C=O) groups is 1. The van der Waals surface area contributed by atoms with Gasteiger partial charge in [0.25, 0.3) is 0 Å². The van der Waals surface area contributed by atoms with E-state index in [0.29, 0.717) is 34.3 Å². The van der Waals surface area contributed by atoms with Gasteiger partial charge in [-0.05, 0) is 42.8 Å². The molecule has 5 aromatic rings. The fourth-order valence-electron chi connectivity index (χ4n) is 4.71. The van der Waals surface area contributed by atoms with Crippen molar-refractivity contribution < 1.29 is 18.7 Å². The molecule has 2 aromatic carbocycles. The van der Waals surface area contributed by atoms with Crippen molar-refractivity contribution in [1.82, 2.24) is 29.6 Å². The van der Waals surface area contributed by atoms with Gasteiger partial charge in [-0.25, -0.2) is 4.39 Å². The van der Waals surface area contributed by atoms with Crippen LogP contribution in [0.3, 0.4) is 0 Å². The lowest BCUT2D eigenvalue weighted by Crippen LogP contribution is -2.25. The number of fused-ring (bicyclic) bond motifs is 2. The van der Waals surface area contributed by atoms with Crippen LogP contribution in [-0.4, -0.2) is 42.6 Å². The summed E-state index contributed by atoms with van der Waals surface area (Å²) in [6, 6.07) is 15.3. The molecule has 0 spiro atoms. The number of hydrogen-bond donors (Lipinski definition) is 1. The van der Waals surface area contributed by atoms with Crippen LogP contribution in [-0.2, 0) is 11.4 Å². The highest BCUT2D eigenvalue weighted by Crippen LogP contribution is 2.45. The van der Waals surface area contributed by atoms with Crippen LogP contribution < -0.4 is 14.8 Å². The molecule has 11 heteroatoms. The third-order valence-corrected chi connectivity index (χ3v) is 6.34. The zero-order chi connectivity index (χ0) is 25.5. The molecule has 0 radical (unpaired) electrons. The van der Waals surface area contributed by atoms with Crippen LogP contribution in [0.25, 0.3) is 11.5 Å². The second kappa shape index (κ2) is 9.01. The number of anilines is 1. The Bertz CT molecular complexity index is 1640. The van der Waals surface area contributed by atoms with E-state index in [0.717, 1.165) is 16.8 Å². The largest absolute Gasteiger partial charge is 0.493 e. The number of amides is 1. The summed E-state index contributed by atoms with van der Waals surface area (Å²) in [5.74, 6) is 1.21. The Hall–Kier alpha value is -4.80. The van der Waals surface area contributed by atoms with Gasteiger partial charge < -0.3 is 14.8 Å². The molecule has 1 N–H and O–H groups in total. The number of para-hydroxylation sites is 1. The highest BCUT2D eigenvalue weighted by molar-refractivity contribution is 5.95. The molecule has 1 aliphatic rings. The van der Waals surface area contributed by atoms with Gasteiger partial charge in [-0.3, -0.25) is 4.79 Å². The van der Waals surface area contributed by atoms with Crippen molar-refractivity contribution in [2.45, 2.75) is 25.9 Å². The minimum atomic E-state index is -0.353. The van der Waals surface area contributed by atoms with Crippen molar-refractivity contribution >= 4 is 17.4 Å². The van der Waals surface area contributed by atoms with Crippen LogP contribution in [0.15, 0.2) is 60.9 Å². The number of ether oxygens (including phenoxy) is 2. The average Bonchev–Trinajstić information content (AvgIpc) is 3.50. The van der Waals surface area contributed by atoms with Gasteiger partial charge in [0.1, 0.15) is 24.6 Å². The van der Waals surface area contributed by atoms with E-state index in [1.807, 2.05) is 19.1 Å². The number of nitrogens with zero attached hydrogens (tertiary/aromatic N) is 6. The molecule has 1 atom stereocenters. The zero-order valence-electron chi connectivity index (χ0n) is 20.1. The summed E-state index contributed by atoms with van der Waals surface area (Å²) >= 11 is 0. The molecule has 186 valence electrons. The second-order valence-electron chi connectivity index (χ2n) is 8.69. The molecule has 0 unspecified atom stereocenters. The maximum atomic E-state index is 13.7. The van der Waals surface area contributed by atoms with Gasteiger partial charge in [-0.1, -0.05) is 24.3 Å². The van der Waals surface area contributed by atoms with Crippen molar-refractivity contribution in [3.8, 4) is 17.3 Å². The number of methoxy groups -OCH3 is 1. The Labute approximate surface area is 210 Å². The van der Waals surface area contributed by atoms with Crippen LogP contribution >= 0.6 is 0 Å². The van der Waals surface area contributed by atoms with E-state index in [1.54, 1.807) is 46.6 Å². The van der Waals surface area contributed by atoms with Crippen molar-refractivity contribution in [3.63, 3.8) is 0 Å². The van der Waals surface area contributed by atoms with Crippen LogP contribution in [0.2, 0.25) is 0 Å². The molecule has 1 aliphatic heterocycles. The fraction of sp³-hybridized carbons (Fsp3) is 0.192. The van der Waals surface area contributed by atoms with Crippen LogP contribution in [0.1, 0.15) is 34.7 Å². The fourth-order valence-corrected chi connectivity index (χ4v) is 4.71. The van der Waals surface area contributed by atoms with Gasteiger partial charge in [0.2, 0.25) is 5.91 Å². The lowest BCUT2D eigenvalue weighted by atomic mass is 9.85. The minimum absolute atomic E-state index is 0.137. The predicted octanol–water partition coefficient (Wildman–Crippen LogP) is 3.82. The first kappa shape index (κ1) is 22.7. The average molecular weight is 500 g/mol. The first-order chi connectivity index (χ1) is 18.0. The highest BCUT2D eigenvalue weighted by atomic mass is 19.1. The summed E-state index contributed by atoms with van der Waals surface area (Å²) in [6.45, 7) is 2.03. The maximum absolute atomic E-state index is 13.7. The van der Waals surface area contributed by atoms with Gasteiger partial charge in [0, 0.05) is 23.5 Å². The van der Waals surface area contributed by atoms with E-state index in [4.69, 9.17) is 14.6 Å². The molecule has 0 saturated carbocycles. The minimum Gasteiger partial charge on any atom is -0.493 e. The van der Waals surface area contributed by atoms with E-state index >= 15 is 0 Å². The molecule has 0 aliphatic carbocycles. The molecule has 10 nitrogen and oxygen atoms in total. The summed E-state index contributed by atoms with van der Waals surface area (Å²) in [6.07, 6.45) is 1.70. The number of rotatable bonds is 6. The summed E-state index contributed by atoms with van der Waals surface area (Å²) in [5, 5.41) is 20.1. The van der Waals surface area contributed by atoms with Crippen LogP contribution in [0, 0.1) is 12.7 Å². The number of aryl methyl sites for hydroxylation is 1. The van der Waals surface area contributed by atoms with Crippen LogP contribution in [0.5, 0.6) is 11.5 Å². The number of carbonyl (C=O) groups excluding carboxylic acids is 1. The molecule has 6 rings (SSSR count). The van der Waals surface area contributed by atoms with E-state index in [1.165, 1.54) is 18.5 Å². The summed E-state index contributed by atoms with van der Waals surface area (Å²) in [7, 11) is 1.56. The second-order valence-corrected chi connectivity index (χ2v) is 8.69. The molecule has 0 saturated heterocycles. The first-order valence-corrected chi connectivity index (χ1v) is 11.6. The third kappa shape index (κ3) is 4.03. The van der Waals surface area contributed by atoms with Gasteiger partial charge in [-0.15, -0.1) is 15.3 Å². The number of aromatic nitrogens is 6. The Morgan fingerprint density at radius 3 is 2.84 bits per heavy atom. The van der Waals surface area contributed by atoms with Crippen LogP contribution in [0.4, 0.5) is 10.2 Å². The predicted molar refractivity (Wildman–Crippen MR) is 131 cm³/mol. The Morgan fingerprint density at radius 1 is 1.14 bits per heavy atom. The Balaban J connectivity index is 1.43. The Morgan fingerprint density at radius 2 is 2.00 bits per heavy atom. The summed E-state index contributed by atoms with van der Waals surface area (Å²) in [5.41, 5.74) is 3.65. The summed E-state index contributed by atoms with van der Waals surface area (Å²) < 4.78 is 28.7. The quantitative estimate of drug-likeness (QED) is 0.378. The molecule has 4 heterocycles. The lowest BCUT2D eigenvalue weighted by Gasteiger charge is -2.26. The van der Waals surface area contributed by atoms with E-state index in [-0.39, 0.29) is 30.7 Å². The smallest absolute Gasteiger partial charge is 0.226 e. The van der Waals surface area contributed by atoms with Gasteiger partial charge in [-0.2, -0.15) is 14.3 Å². The van der Waals surface area contributed by atoms with E-state index < -0.39 is 0 Å². The SMILES string of the molecule is COc1cccc([C@@H]2CC(=O)Nc3c2c(C)nn3-c2ccc3nncn3n2)c1OCc1cccc(F)c1. The van der Waals surface area contributed by atoms with Crippen molar-refractivity contribution in [1.29, 1.82) is 0 Å². The molecule has 1 amide bonds. The summed E-state index contributed by atoms with van der Waals surface area (Å²) in [4.78, 5) is 12.9. The van der Waals surface area contributed by atoms with E-state index in [2.05, 4.69) is 20.6 Å². The molecular formula is C26H22FN7O3. The van der Waals surface area contributed by atoms with Gasteiger partial charge >= 0.3 is 0 Å². The number of nitrogens with one attached hydrogen (secondary N) is 1. The number of halogens is 1. The van der Waals surface area contributed by atoms with Gasteiger partial charge in [0.15, 0.2) is 23.0 Å². The monoisotopic (exact) mass is 499 g/mol. The third-order valence-electron chi connectivity index (χ3n) is 6.34. The number of hydrogen-bond acceptors (Lipinski definition) is 7. The molecule has 3 aromatic heterocycles. The Kier molecular flexibility index (Phi) is 5.52. The van der Waals surface area contributed by atoms with Crippen molar-refractivity contribution in [2.24, 2.45) is 0 Å². The van der Waals surface area contributed by atoms with Crippen molar-refractivity contribution in [2.75, 3.05) is 12.4 Å². The van der Waals surface area contributed by atoms with Crippen molar-refractivity contribution in [3.05, 3.63) is 89.1 Å². The normalized spacial score (nSPS) is 14.9. The molecule has 0 bridgehead atoms. The number of benzene rings is 2. The molecule has 37 heavy (non-hydrogen) atoms. The molecular weight excluding hydrogens is 477 g/mol. The first-order valence-electron chi connectivity index (χ1n) is 11.6. The standard InChI is InChI=1S/C26H22FN7O3/c1-15-24-19(18-7-4-8-20(36-2)25(18)37-13-16-5-3-6-17(27)11-16)12-23(35)29-26(24)34(31-15)22-10-9-21-30-28-14-33(21)32-22/h3-11,14,19H,12-13H2,1-2H3,(H,29,35)/t19-/m0/s1. The van der Waals surface area contributed by atoms with Gasteiger partial charge in [0.05, 0.1) is 12.8 Å². The highest BCUT2D eigenvalue weighted by Gasteiger charge is 2.35. The molecule has 0 fully saturated rings. The zero-order valence-corrected chi connectivity index (χ0v) is 20.1. The maximum Gasteiger partial charge on any atom is 0.226 e. The lowest BCUT2D eigenvalue weighted by molar-refractivity contribution is -0.116. The van der Waals surface area contributed by atoms with E-state index in [9.17, 15) is 9.18 Å². The topological polar surface area (TPSA) is 108 Å².